The Kier molecular flexibility index (Phi) is 6.57. The molecule has 1 atom stereocenters. The van der Waals surface area contributed by atoms with Crippen molar-refractivity contribution < 1.29 is 9.59 Å². The summed E-state index contributed by atoms with van der Waals surface area (Å²) in [5, 5.41) is 1.30. The molecule has 6 rings (SSSR count). The second-order valence-corrected chi connectivity index (χ2v) is 10.8. The van der Waals surface area contributed by atoms with Crippen LogP contribution >= 0.6 is 23.5 Å². The largest absolute Gasteiger partial charge is 0.278 e. The molecule has 1 saturated heterocycles. The number of thioether (sulfide) groups is 1. The second kappa shape index (κ2) is 10.3. The molecule has 0 bridgehead atoms. The average molecular weight is 522 g/mol. The van der Waals surface area contributed by atoms with E-state index in [-0.39, 0.29) is 23.7 Å². The fourth-order valence-corrected chi connectivity index (χ4v) is 6.71. The van der Waals surface area contributed by atoms with Gasteiger partial charge in [-0.25, -0.2) is 5.43 Å². The van der Waals surface area contributed by atoms with E-state index in [1.165, 1.54) is 11.8 Å². The lowest BCUT2D eigenvalue weighted by Crippen LogP contribution is -2.46. The van der Waals surface area contributed by atoms with Crippen LogP contribution in [0, 0.1) is 0 Å². The maximum atomic E-state index is 13.7. The molecule has 1 unspecified atom stereocenters. The van der Waals surface area contributed by atoms with E-state index in [1.54, 1.807) is 21.7 Å². The smallest absolute Gasteiger partial charge is 0.275 e. The molecule has 2 amide bonds. The van der Waals surface area contributed by atoms with Crippen LogP contribution in [0.1, 0.15) is 16.5 Å². The second-order valence-electron chi connectivity index (χ2n) is 8.58. The molecule has 0 saturated carbocycles. The first kappa shape index (κ1) is 23.6. The highest BCUT2D eigenvalue weighted by Crippen LogP contribution is 2.48. The number of anilines is 2. The van der Waals surface area contributed by atoms with E-state index in [0.717, 1.165) is 32.3 Å². The number of carbonyl (C=O) groups is 2. The van der Waals surface area contributed by atoms with E-state index < -0.39 is 0 Å². The molecular formula is C30H23N3O2S2. The third-order valence-electron chi connectivity index (χ3n) is 6.17. The van der Waals surface area contributed by atoms with Gasteiger partial charge in [-0.3, -0.25) is 19.5 Å². The Hall–Kier alpha value is -3.78. The number of hydrogen-bond donors (Lipinski definition) is 1. The SMILES string of the molecule is O=C(CNN1C(=O)/C(=C/c2ccccc2)SC1c1ccccc1)N1c2ccccc2Sc2ccccc21. The summed E-state index contributed by atoms with van der Waals surface area (Å²) in [4.78, 5) is 31.7. The molecule has 37 heavy (non-hydrogen) atoms. The number of hydrazine groups is 1. The minimum atomic E-state index is -0.284. The number of nitrogens with one attached hydrogen (secondary N) is 1. The summed E-state index contributed by atoms with van der Waals surface area (Å²) in [5.41, 5.74) is 6.83. The van der Waals surface area contributed by atoms with Gasteiger partial charge in [-0.2, -0.15) is 0 Å². The van der Waals surface area contributed by atoms with Crippen LogP contribution in [0.25, 0.3) is 6.08 Å². The van der Waals surface area contributed by atoms with Crippen LogP contribution in [0.2, 0.25) is 0 Å². The highest BCUT2D eigenvalue weighted by Gasteiger charge is 2.38. The van der Waals surface area contributed by atoms with Crippen LogP contribution < -0.4 is 10.3 Å². The Labute approximate surface area is 224 Å². The Morgan fingerprint density at radius 2 is 1.35 bits per heavy atom. The lowest BCUT2D eigenvalue weighted by atomic mass is 10.2. The summed E-state index contributed by atoms with van der Waals surface area (Å²) in [6, 6.07) is 35.5. The molecule has 5 nitrogen and oxygen atoms in total. The lowest BCUT2D eigenvalue weighted by Gasteiger charge is -2.32. The molecule has 7 heteroatoms. The predicted octanol–water partition coefficient (Wildman–Crippen LogP) is 6.64. The highest BCUT2D eigenvalue weighted by molar-refractivity contribution is 8.04. The first-order valence-corrected chi connectivity index (χ1v) is 13.6. The fraction of sp³-hybridized carbons (Fsp3) is 0.0667. The van der Waals surface area contributed by atoms with E-state index >= 15 is 0 Å². The van der Waals surface area contributed by atoms with Gasteiger partial charge in [0.25, 0.3) is 5.91 Å². The van der Waals surface area contributed by atoms with Crippen molar-refractivity contribution in [3.63, 3.8) is 0 Å². The van der Waals surface area contributed by atoms with Crippen molar-refractivity contribution in [1.82, 2.24) is 10.4 Å². The maximum Gasteiger partial charge on any atom is 0.275 e. The summed E-state index contributed by atoms with van der Waals surface area (Å²) >= 11 is 3.14. The van der Waals surface area contributed by atoms with Crippen LogP contribution in [0.4, 0.5) is 11.4 Å². The van der Waals surface area contributed by atoms with Crippen LogP contribution in [0.3, 0.4) is 0 Å². The van der Waals surface area contributed by atoms with Crippen molar-refractivity contribution in [2.24, 2.45) is 0 Å². The van der Waals surface area contributed by atoms with Crippen LogP contribution in [-0.2, 0) is 9.59 Å². The zero-order valence-electron chi connectivity index (χ0n) is 19.8. The van der Waals surface area contributed by atoms with Gasteiger partial charge in [-0.15, -0.1) is 0 Å². The minimum Gasteiger partial charge on any atom is -0.278 e. The van der Waals surface area contributed by atoms with Gasteiger partial charge in [-0.1, -0.05) is 108 Å². The van der Waals surface area contributed by atoms with Gasteiger partial charge >= 0.3 is 0 Å². The van der Waals surface area contributed by atoms with Gasteiger partial charge in [-0.05, 0) is 41.5 Å². The molecule has 0 spiro atoms. The van der Waals surface area contributed by atoms with E-state index in [9.17, 15) is 9.59 Å². The molecule has 4 aromatic rings. The summed E-state index contributed by atoms with van der Waals surface area (Å²) in [6.07, 6.45) is 1.90. The van der Waals surface area contributed by atoms with Crippen LogP contribution in [0.15, 0.2) is 124 Å². The molecule has 0 radical (unpaired) electrons. The zero-order valence-corrected chi connectivity index (χ0v) is 21.4. The topological polar surface area (TPSA) is 52.7 Å². The summed E-state index contributed by atoms with van der Waals surface area (Å²) in [5.74, 6) is -0.282. The number of carbonyl (C=O) groups excluding carboxylic acids is 2. The molecule has 1 N–H and O–H groups in total. The molecule has 2 aliphatic rings. The van der Waals surface area contributed by atoms with E-state index in [2.05, 4.69) is 5.43 Å². The van der Waals surface area contributed by atoms with Crippen molar-refractivity contribution in [3.05, 3.63) is 125 Å². The van der Waals surface area contributed by atoms with Gasteiger partial charge in [0.1, 0.15) is 5.37 Å². The first-order valence-electron chi connectivity index (χ1n) is 11.9. The third kappa shape index (κ3) is 4.69. The van der Waals surface area contributed by atoms with Crippen molar-refractivity contribution in [2.75, 3.05) is 11.4 Å². The Morgan fingerprint density at radius 1 is 0.784 bits per heavy atom. The van der Waals surface area contributed by atoms with Crippen LogP contribution in [-0.4, -0.2) is 23.4 Å². The van der Waals surface area contributed by atoms with Crippen molar-refractivity contribution >= 4 is 52.8 Å². The third-order valence-corrected chi connectivity index (χ3v) is 8.55. The van der Waals surface area contributed by atoms with Crippen molar-refractivity contribution in [3.8, 4) is 0 Å². The highest BCUT2D eigenvalue weighted by atomic mass is 32.2. The lowest BCUT2D eigenvalue weighted by molar-refractivity contribution is -0.130. The summed E-state index contributed by atoms with van der Waals surface area (Å²) in [7, 11) is 0. The minimum absolute atomic E-state index is 0.0262. The quantitative estimate of drug-likeness (QED) is 0.299. The summed E-state index contributed by atoms with van der Waals surface area (Å²) in [6.45, 7) is -0.0262. The molecule has 182 valence electrons. The van der Waals surface area contributed by atoms with Gasteiger partial charge < -0.3 is 0 Å². The standard InChI is InChI=1S/C30H23N3O2S2/c34-28(32-23-15-7-9-17-25(23)36-26-18-10-8-16-24(26)32)20-31-33-29(35)27(19-21-11-3-1-4-12-21)37-30(33)22-13-5-2-6-14-22/h1-19,30-31H,20H2/b27-19-. The molecule has 0 aliphatic carbocycles. The first-order chi connectivity index (χ1) is 18.2. The molecule has 4 aromatic carbocycles. The number of fused-ring (bicyclic) bond motifs is 2. The van der Waals surface area contributed by atoms with Crippen molar-refractivity contribution in [2.45, 2.75) is 15.2 Å². The Bertz CT molecular complexity index is 1450. The van der Waals surface area contributed by atoms with E-state index in [1.807, 2.05) is 115 Å². The monoisotopic (exact) mass is 521 g/mol. The normalized spacial score (nSPS) is 17.6. The van der Waals surface area contributed by atoms with Gasteiger partial charge in [0.05, 0.1) is 22.8 Å². The Balaban J connectivity index is 1.29. The zero-order chi connectivity index (χ0) is 25.2. The number of amides is 2. The van der Waals surface area contributed by atoms with Gasteiger partial charge in [0.2, 0.25) is 5.91 Å². The number of para-hydroxylation sites is 2. The van der Waals surface area contributed by atoms with Crippen molar-refractivity contribution in [1.29, 1.82) is 0 Å². The number of rotatable bonds is 5. The number of hydrogen-bond acceptors (Lipinski definition) is 5. The van der Waals surface area contributed by atoms with Gasteiger partial charge in [0, 0.05) is 9.79 Å². The molecule has 1 fully saturated rings. The average Bonchev–Trinajstić information content (AvgIpc) is 3.26. The molecule has 2 heterocycles. The number of benzene rings is 4. The molecular weight excluding hydrogens is 498 g/mol. The van der Waals surface area contributed by atoms with E-state index in [0.29, 0.717) is 4.91 Å². The maximum absolute atomic E-state index is 13.7. The number of nitrogens with zero attached hydrogens (tertiary/aromatic N) is 2. The van der Waals surface area contributed by atoms with Crippen LogP contribution in [0.5, 0.6) is 0 Å². The predicted molar refractivity (Wildman–Crippen MR) is 150 cm³/mol. The van der Waals surface area contributed by atoms with E-state index in [4.69, 9.17) is 0 Å². The molecule has 2 aliphatic heterocycles. The fourth-order valence-electron chi connectivity index (χ4n) is 4.44. The van der Waals surface area contributed by atoms with Gasteiger partial charge in [0.15, 0.2) is 0 Å². The summed E-state index contributed by atoms with van der Waals surface area (Å²) < 4.78 is 0. The Morgan fingerprint density at radius 3 is 2.00 bits per heavy atom. The molecule has 0 aromatic heterocycles.